The van der Waals surface area contributed by atoms with Gasteiger partial charge in [0.2, 0.25) is 0 Å². The van der Waals surface area contributed by atoms with Gasteiger partial charge in [0, 0.05) is 4.88 Å². The van der Waals surface area contributed by atoms with Crippen LogP contribution < -0.4 is 0 Å². The normalized spacial score (nSPS) is 12.5. The van der Waals surface area contributed by atoms with Crippen molar-refractivity contribution in [1.29, 1.82) is 0 Å². The topological polar surface area (TPSA) is 26.3 Å². The lowest BCUT2D eigenvalue weighted by molar-refractivity contribution is -0.144. The van der Waals surface area contributed by atoms with E-state index in [4.69, 9.17) is 4.74 Å². The second-order valence-corrected chi connectivity index (χ2v) is 4.13. The maximum absolute atomic E-state index is 11.6. The Morgan fingerprint density at radius 1 is 1.57 bits per heavy atom. The second kappa shape index (κ2) is 5.15. The number of ether oxygens (including phenoxy) is 1. The van der Waals surface area contributed by atoms with Crippen LogP contribution in [0.1, 0.15) is 36.6 Å². The summed E-state index contributed by atoms with van der Waals surface area (Å²) in [5.74, 6) is -0.171. The first-order valence-electron chi connectivity index (χ1n) is 4.91. The minimum Gasteiger partial charge on any atom is -0.465 e. The molecule has 1 rings (SSSR count). The highest BCUT2D eigenvalue weighted by Gasteiger charge is 2.22. The third kappa shape index (κ3) is 2.35. The molecule has 1 unspecified atom stereocenters. The van der Waals surface area contributed by atoms with E-state index in [1.165, 1.54) is 5.56 Å². The predicted molar refractivity (Wildman–Crippen MR) is 58.7 cm³/mol. The average Bonchev–Trinajstić information content (AvgIpc) is 2.54. The van der Waals surface area contributed by atoms with Crippen LogP contribution in [-0.4, -0.2) is 12.6 Å². The molecule has 1 aromatic heterocycles. The quantitative estimate of drug-likeness (QED) is 0.717. The van der Waals surface area contributed by atoms with E-state index in [1.54, 1.807) is 11.3 Å². The molecule has 3 heteroatoms. The van der Waals surface area contributed by atoms with Crippen LogP contribution in [0.4, 0.5) is 0 Å². The maximum Gasteiger partial charge on any atom is 0.314 e. The lowest BCUT2D eigenvalue weighted by atomic mass is 10.0. The van der Waals surface area contributed by atoms with Crippen LogP contribution in [0, 0.1) is 6.92 Å². The SMILES string of the molecule is CCOC(=O)C(CC)c1sccc1C. The van der Waals surface area contributed by atoms with Crippen molar-refractivity contribution in [3.8, 4) is 0 Å². The zero-order chi connectivity index (χ0) is 10.6. The van der Waals surface area contributed by atoms with Gasteiger partial charge < -0.3 is 4.74 Å². The van der Waals surface area contributed by atoms with E-state index < -0.39 is 0 Å². The lowest BCUT2D eigenvalue weighted by Crippen LogP contribution is -2.14. The molecule has 0 saturated heterocycles. The molecule has 0 aliphatic heterocycles. The Labute approximate surface area is 88.9 Å². The van der Waals surface area contributed by atoms with E-state index >= 15 is 0 Å². The maximum atomic E-state index is 11.6. The minimum absolute atomic E-state index is 0.0741. The molecule has 1 aromatic rings. The van der Waals surface area contributed by atoms with Gasteiger partial charge in [-0.25, -0.2) is 0 Å². The zero-order valence-electron chi connectivity index (χ0n) is 8.87. The zero-order valence-corrected chi connectivity index (χ0v) is 9.69. The molecule has 0 N–H and O–H groups in total. The Kier molecular flexibility index (Phi) is 4.14. The Balaban J connectivity index is 2.82. The first-order valence-corrected chi connectivity index (χ1v) is 5.79. The number of thiophene rings is 1. The highest BCUT2D eigenvalue weighted by molar-refractivity contribution is 7.10. The van der Waals surface area contributed by atoms with Gasteiger partial charge in [-0.15, -0.1) is 11.3 Å². The Hall–Kier alpha value is -0.830. The Morgan fingerprint density at radius 3 is 2.71 bits per heavy atom. The van der Waals surface area contributed by atoms with Crippen LogP contribution in [0.3, 0.4) is 0 Å². The van der Waals surface area contributed by atoms with Crippen molar-refractivity contribution in [3.63, 3.8) is 0 Å². The molecule has 0 amide bonds. The van der Waals surface area contributed by atoms with Gasteiger partial charge in [0.25, 0.3) is 0 Å². The number of rotatable bonds is 4. The third-order valence-electron chi connectivity index (χ3n) is 2.20. The van der Waals surface area contributed by atoms with E-state index in [0.29, 0.717) is 6.61 Å². The monoisotopic (exact) mass is 212 g/mol. The number of hydrogen-bond acceptors (Lipinski definition) is 3. The van der Waals surface area contributed by atoms with Gasteiger partial charge in [-0.3, -0.25) is 4.79 Å². The molecule has 0 spiro atoms. The second-order valence-electron chi connectivity index (χ2n) is 3.18. The molecule has 0 aliphatic rings. The van der Waals surface area contributed by atoms with Gasteiger partial charge in [0.05, 0.1) is 12.5 Å². The van der Waals surface area contributed by atoms with Crippen molar-refractivity contribution >= 4 is 17.3 Å². The summed E-state index contributed by atoms with van der Waals surface area (Å²) in [4.78, 5) is 12.8. The lowest BCUT2D eigenvalue weighted by Gasteiger charge is -2.12. The predicted octanol–water partition coefficient (Wildman–Crippen LogP) is 3.11. The summed E-state index contributed by atoms with van der Waals surface area (Å²) >= 11 is 1.64. The van der Waals surface area contributed by atoms with Crippen LogP contribution in [0.15, 0.2) is 11.4 Å². The van der Waals surface area contributed by atoms with Crippen molar-refractivity contribution < 1.29 is 9.53 Å². The fraction of sp³-hybridized carbons (Fsp3) is 0.545. The molecular formula is C11H16O2S. The highest BCUT2D eigenvalue weighted by atomic mass is 32.1. The van der Waals surface area contributed by atoms with E-state index in [-0.39, 0.29) is 11.9 Å². The largest absolute Gasteiger partial charge is 0.465 e. The fourth-order valence-electron chi connectivity index (χ4n) is 1.44. The third-order valence-corrected chi connectivity index (χ3v) is 3.33. The first-order chi connectivity index (χ1) is 6.70. The molecule has 1 atom stereocenters. The molecule has 0 aliphatic carbocycles. The van der Waals surface area contributed by atoms with Gasteiger partial charge in [0.15, 0.2) is 0 Å². The summed E-state index contributed by atoms with van der Waals surface area (Å²) in [5.41, 5.74) is 1.19. The van der Waals surface area contributed by atoms with Crippen LogP contribution >= 0.6 is 11.3 Å². The number of esters is 1. The average molecular weight is 212 g/mol. The Morgan fingerprint density at radius 2 is 2.29 bits per heavy atom. The number of carbonyl (C=O) groups excluding carboxylic acids is 1. The highest BCUT2D eigenvalue weighted by Crippen LogP contribution is 2.29. The summed E-state index contributed by atoms with van der Waals surface area (Å²) < 4.78 is 5.04. The van der Waals surface area contributed by atoms with Gasteiger partial charge in [-0.1, -0.05) is 6.92 Å². The van der Waals surface area contributed by atoms with Crippen LogP contribution in [0.2, 0.25) is 0 Å². The fourth-order valence-corrected chi connectivity index (χ4v) is 2.54. The summed E-state index contributed by atoms with van der Waals surface area (Å²) in [5, 5.41) is 2.02. The summed E-state index contributed by atoms with van der Waals surface area (Å²) in [6.07, 6.45) is 0.806. The summed E-state index contributed by atoms with van der Waals surface area (Å²) in [6, 6.07) is 2.04. The van der Waals surface area contributed by atoms with E-state index in [2.05, 4.69) is 0 Å². The van der Waals surface area contributed by atoms with Crippen LogP contribution in [0.5, 0.6) is 0 Å². The smallest absolute Gasteiger partial charge is 0.314 e. The molecular weight excluding hydrogens is 196 g/mol. The molecule has 0 bridgehead atoms. The van der Waals surface area contributed by atoms with Crippen molar-refractivity contribution in [2.45, 2.75) is 33.1 Å². The van der Waals surface area contributed by atoms with Gasteiger partial charge in [-0.05, 0) is 37.3 Å². The van der Waals surface area contributed by atoms with E-state index in [9.17, 15) is 4.79 Å². The van der Waals surface area contributed by atoms with Gasteiger partial charge >= 0.3 is 5.97 Å². The van der Waals surface area contributed by atoms with Gasteiger partial charge in [-0.2, -0.15) is 0 Å². The molecule has 0 saturated carbocycles. The standard InChI is InChI=1S/C11H16O2S/c1-4-9(11(12)13-5-2)10-8(3)6-7-14-10/h6-7,9H,4-5H2,1-3H3. The number of carbonyl (C=O) groups is 1. The number of hydrogen-bond donors (Lipinski definition) is 0. The van der Waals surface area contributed by atoms with Crippen LogP contribution in [-0.2, 0) is 9.53 Å². The van der Waals surface area contributed by atoms with Crippen molar-refractivity contribution in [2.75, 3.05) is 6.61 Å². The molecule has 0 fully saturated rings. The number of aryl methyl sites for hydroxylation is 1. The molecule has 78 valence electrons. The summed E-state index contributed by atoms with van der Waals surface area (Å²) in [6.45, 7) is 6.35. The van der Waals surface area contributed by atoms with E-state index in [0.717, 1.165) is 11.3 Å². The van der Waals surface area contributed by atoms with Crippen molar-refractivity contribution in [3.05, 3.63) is 21.9 Å². The minimum atomic E-state index is -0.0967. The molecule has 1 heterocycles. The van der Waals surface area contributed by atoms with Crippen LogP contribution in [0.25, 0.3) is 0 Å². The molecule has 0 aromatic carbocycles. The Bertz CT molecular complexity index is 304. The first kappa shape index (κ1) is 11.2. The van der Waals surface area contributed by atoms with E-state index in [1.807, 2.05) is 32.2 Å². The van der Waals surface area contributed by atoms with Crippen molar-refractivity contribution in [1.82, 2.24) is 0 Å². The summed E-state index contributed by atoms with van der Waals surface area (Å²) in [7, 11) is 0. The molecule has 0 radical (unpaired) electrons. The van der Waals surface area contributed by atoms with Gasteiger partial charge in [0.1, 0.15) is 0 Å². The van der Waals surface area contributed by atoms with Crippen molar-refractivity contribution in [2.24, 2.45) is 0 Å². The molecule has 14 heavy (non-hydrogen) atoms. The molecule has 2 nitrogen and oxygen atoms in total.